The number of hydrogen-bond donors (Lipinski definition) is 1. The highest BCUT2D eigenvalue weighted by Crippen LogP contribution is 2.28. The van der Waals surface area contributed by atoms with Crippen LogP contribution in [0.1, 0.15) is 18.1 Å². The van der Waals surface area contributed by atoms with Gasteiger partial charge in [-0.2, -0.15) is 0 Å². The first kappa shape index (κ1) is 17.0. The second-order valence-corrected chi connectivity index (χ2v) is 5.62. The highest BCUT2D eigenvalue weighted by molar-refractivity contribution is 5.43. The number of rotatable bonds is 8. The van der Waals surface area contributed by atoms with Gasteiger partial charge in [-0.1, -0.05) is 24.3 Å². The third-order valence-corrected chi connectivity index (χ3v) is 3.95. The van der Waals surface area contributed by atoms with Crippen molar-refractivity contribution in [1.29, 1.82) is 0 Å². The number of imidazole rings is 1. The van der Waals surface area contributed by atoms with Crippen molar-refractivity contribution in [2.75, 3.05) is 13.7 Å². The lowest BCUT2D eigenvalue weighted by molar-refractivity contribution is 0.310. The third kappa shape index (κ3) is 4.19. The maximum absolute atomic E-state index is 5.64. The fourth-order valence-corrected chi connectivity index (χ4v) is 2.75. The summed E-state index contributed by atoms with van der Waals surface area (Å²) in [6.45, 7) is 4.11. The molecular weight excluding hydrogens is 314 g/mol. The number of methoxy groups -OCH3 is 1. The maximum atomic E-state index is 5.64. The summed E-state index contributed by atoms with van der Waals surface area (Å²) in [5.74, 6) is 1.54. The molecule has 0 aliphatic carbocycles. The number of para-hydroxylation sites is 1. The van der Waals surface area contributed by atoms with Gasteiger partial charge in [0.05, 0.1) is 25.7 Å². The molecule has 0 aliphatic rings. The lowest BCUT2D eigenvalue weighted by atomic mass is 10.1. The number of benzene rings is 2. The molecule has 1 N–H and O–H groups in total. The number of nitrogens with zero attached hydrogens (tertiary/aromatic N) is 2. The molecule has 0 fully saturated rings. The zero-order chi connectivity index (χ0) is 17.5. The maximum Gasteiger partial charge on any atom is 0.161 e. The number of nitrogens with one attached hydrogen (secondary N) is 1. The van der Waals surface area contributed by atoms with Crippen molar-refractivity contribution in [3.63, 3.8) is 0 Å². The van der Waals surface area contributed by atoms with Gasteiger partial charge in [0.25, 0.3) is 0 Å². The van der Waals surface area contributed by atoms with E-state index in [2.05, 4.69) is 34.6 Å². The predicted octanol–water partition coefficient (Wildman–Crippen LogP) is 3.57. The van der Waals surface area contributed by atoms with Gasteiger partial charge in [-0.15, -0.1) is 0 Å². The first-order valence-electron chi connectivity index (χ1n) is 8.38. The standard InChI is InChI=1S/C20H23N3O2/c1-3-25-20-12-16(8-9-19(20)24-2)13-22-14-17-6-4-5-7-18(17)23-11-10-21-15-23/h4-12,15,22H,3,13-14H2,1-2H3. The molecular formula is C20H23N3O2. The summed E-state index contributed by atoms with van der Waals surface area (Å²) >= 11 is 0. The quantitative estimate of drug-likeness (QED) is 0.683. The van der Waals surface area contributed by atoms with E-state index in [1.807, 2.05) is 42.2 Å². The second-order valence-electron chi connectivity index (χ2n) is 5.62. The van der Waals surface area contributed by atoms with E-state index in [1.165, 1.54) is 5.56 Å². The average molecular weight is 337 g/mol. The first-order chi connectivity index (χ1) is 12.3. The van der Waals surface area contributed by atoms with Gasteiger partial charge in [0, 0.05) is 25.5 Å². The molecule has 5 nitrogen and oxygen atoms in total. The van der Waals surface area contributed by atoms with Gasteiger partial charge in [-0.3, -0.25) is 0 Å². The molecule has 0 spiro atoms. The van der Waals surface area contributed by atoms with Crippen molar-refractivity contribution in [3.8, 4) is 17.2 Å². The Balaban J connectivity index is 1.67. The van der Waals surface area contributed by atoms with Crippen LogP contribution in [0, 0.1) is 0 Å². The molecule has 0 atom stereocenters. The van der Waals surface area contributed by atoms with Crippen LogP contribution in [-0.4, -0.2) is 23.3 Å². The van der Waals surface area contributed by atoms with E-state index in [4.69, 9.17) is 9.47 Å². The Hall–Kier alpha value is -2.79. The molecule has 3 aromatic rings. The van der Waals surface area contributed by atoms with Crippen LogP contribution in [0.5, 0.6) is 11.5 Å². The molecule has 0 amide bonds. The topological polar surface area (TPSA) is 48.3 Å². The Morgan fingerprint density at radius 2 is 1.96 bits per heavy atom. The summed E-state index contributed by atoms with van der Waals surface area (Å²) in [6.07, 6.45) is 5.56. The molecule has 3 rings (SSSR count). The van der Waals surface area contributed by atoms with E-state index in [1.54, 1.807) is 13.3 Å². The largest absolute Gasteiger partial charge is 0.493 e. The number of ether oxygens (including phenoxy) is 2. The Morgan fingerprint density at radius 3 is 2.72 bits per heavy atom. The van der Waals surface area contributed by atoms with E-state index >= 15 is 0 Å². The fourth-order valence-electron chi connectivity index (χ4n) is 2.75. The minimum Gasteiger partial charge on any atom is -0.493 e. The van der Waals surface area contributed by atoms with Crippen LogP contribution < -0.4 is 14.8 Å². The van der Waals surface area contributed by atoms with Crippen molar-refractivity contribution in [3.05, 3.63) is 72.3 Å². The van der Waals surface area contributed by atoms with Crippen LogP contribution >= 0.6 is 0 Å². The molecule has 5 heteroatoms. The van der Waals surface area contributed by atoms with Gasteiger partial charge < -0.3 is 19.4 Å². The Labute approximate surface area is 148 Å². The molecule has 1 aromatic heterocycles. The van der Waals surface area contributed by atoms with E-state index in [9.17, 15) is 0 Å². The van der Waals surface area contributed by atoms with Crippen LogP contribution in [0.3, 0.4) is 0 Å². The molecule has 0 bridgehead atoms. The first-order valence-corrected chi connectivity index (χ1v) is 8.38. The molecule has 0 unspecified atom stereocenters. The summed E-state index contributed by atoms with van der Waals surface area (Å²) in [7, 11) is 1.66. The highest BCUT2D eigenvalue weighted by Gasteiger charge is 2.06. The molecule has 0 radical (unpaired) electrons. The van der Waals surface area contributed by atoms with E-state index in [0.29, 0.717) is 6.61 Å². The molecule has 130 valence electrons. The third-order valence-electron chi connectivity index (χ3n) is 3.95. The van der Waals surface area contributed by atoms with Crippen LogP contribution in [0.2, 0.25) is 0 Å². The molecule has 0 saturated carbocycles. The number of aromatic nitrogens is 2. The summed E-state index contributed by atoms with van der Waals surface area (Å²) in [5, 5.41) is 3.50. The van der Waals surface area contributed by atoms with Crippen molar-refractivity contribution in [2.45, 2.75) is 20.0 Å². The lowest BCUT2D eigenvalue weighted by Crippen LogP contribution is -2.14. The van der Waals surface area contributed by atoms with Crippen LogP contribution in [0.15, 0.2) is 61.2 Å². The smallest absolute Gasteiger partial charge is 0.161 e. The summed E-state index contributed by atoms with van der Waals surface area (Å²) in [6, 6.07) is 14.3. The lowest BCUT2D eigenvalue weighted by Gasteiger charge is -2.13. The Kier molecular flexibility index (Phi) is 5.69. The SMILES string of the molecule is CCOc1cc(CNCc2ccccc2-n2ccnc2)ccc1OC. The molecule has 1 heterocycles. The van der Waals surface area contributed by atoms with Gasteiger partial charge in [0.15, 0.2) is 11.5 Å². The fraction of sp³-hybridized carbons (Fsp3) is 0.250. The van der Waals surface area contributed by atoms with Crippen LogP contribution in [0.25, 0.3) is 5.69 Å². The Bertz CT molecular complexity index is 800. The van der Waals surface area contributed by atoms with Gasteiger partial charge in [-0.25, -0.2) is 4.98 Å². The van der Waals surface area contributed by atoms with Gasteiger partial charge in [-0.05, 0) is 36.2 Å². The zero-order valence-corrected chi connectivity index (χ0v) is 14.6. The van der Waals surface area contributed by atoms with Crippen molar-refractivity contribution in [1.82, 2.24) is 14.9 Å². The van der Waals surface area contributed by atoms with E-state index in [-0.39, 0.29) is 0 Å². The van der Waals surface area contributed by atoms with Crippen molar-refractivity contribution >= 4 is 0 Å². The zero-order valence-electron chi connectivity index (χ0n) is 14.6. The summed E-state index contributed by atoms with van der Waals surface area (Å²) in [4.78, 5) is 4.13. The van der Waals surface area contributed by atoms with Gasteiger partial charge in [0.2, 0.25) is 0 Å². The summed E-state index contributed by atoms with van der Waals surface area (Å²) in [5.41, 5.74) is 3.51. The summed E-state index contributed by atoms with van der Waals surface area (Å²) < 4.78 is 13.0. The Morgan fingerprint density at radius 1 is 1.08 bits per heavy atom. The predicted molar refractivity (Wildman–Crippen MR) is 98.3 cm³/mol. The van der Waals surface area contributed by atoms with Gasteiger partial charge in [0.1, 0.15) is 0 Å². The molecule has 0 saturated heterocycles. The molecule has 25 heavy (non-hydrogen) atoms. The van der Waals surface area contributed by atoms with Crippen molar-refractivity contribution in [2.24, 2.45) is 0 Å². The van der Waals surface area contributed by atoms with Crippen LogP contribution in [0.4, 0.5) is 0 Å². The van der Waals surface area contributed by atoms with Crippen molar-refractivity contribution < 1.29 is 9.47 Å². The minimum absolute atomic E-state index is 0.617. The van der Waals surface area contributed by atoms with Crippen LogP contribution in [-0.2, 0) is 13.1 Å². The van der Waals surface area contributed by atoms with E-state index < -0.39 is 0 Å². The average Bonchev–Trinajstić information content (AvgIpc) is 3.17. The minimum atomic E-state index is 0.617. The molecule has 2 aromatic carbocycles. The number of hydrogen-bond acceptors (Lipinski definition) is 4. The highest BCUT2D eigenvalue weighted by atomic mass is 16.5. The monoisotopic (exact) mass is 337 g/mol. The second kappa shape index (κ2) is 8.35. The normalized spacial score (nSPS) is 10.6. The molecule has 0 aliphatic heterocycles. The van der Waals surface area contributed by atoms with Gasteiger partial charge >= 0.3 is 0 Å². The van der Waals surface area contributed by atoms with E-state index in [0.717, 1.165) is 35.8 Å².